The van der Waals surface area contributed by atoms with Crippen LogP contribution >= 0.6 is 0 Å². The molecule has 0 aromatic rings. The van der Waals surface area contributed by atoms with Crippen LogP contribution < -0.4 is 22.1 Å². The minimum absolute atomic E-state index is 0.00864. The van der Waals surface area contributed by atoms with Gasteiger partial charge in [0.25, 0.3) is 0 Å². The largest absolute Gasteiger partial charge is 0.354 e. The first-order chi connectivity index (χ1) is 8.11. The summed E-state index contributed by atoms with van der Waals surface area (Å²) in [5, 5.41) is 5.20. The number of primary amides is 1. The molecular formula is C11H22N4O2. The highest BCUT2D eigenvalue weighted by molar-refractivity contribution is 5.79. The average molecular weight is 242 g/mol. The van der Waals surface area contributed by atoms with Crippen molar-refractivity contribution in [1.82, 2.24) is 10.6 Å². The number of nitrogens with two attached hydrogens (primary N) is 2. The Morgan fingerprint density at radius 1 is 1.06 bits per heavy atom. The zero-order valence-electron chi connectivity index (χ0n) is 10.1. The van der Waals surface area contributed by atoms with Crippen LogP contribution in [0.5, 0.6) is 0 Å². The van der Waals surface area contributed by atoms with Crippen LogP contribution in [0.1, 0.15) is 32.1 Å². The summed E-state index contributed by atoms with van der Waals surface area (Å²) in [7, 11) is 0. The van der Waals surface area contributed by atoms with Gasteiger partial charge in [0.1, 0.15) is 0 Å². The average Bonchev–Trinajstić information content (AvgIpc) is 2.48. The molecule has 6 heteroatoms. The Hall–Kier alpha value is -1.30. The number of nitrogens with one attached hydrogen (secondary N) is 2. The molecule has 0 aromatic carbocycles. The van der Waals surface area contributed by atoms with Gasteiger partial charge in [-0.05, 0) is 12.8 Å². The molecule has 2 unspecified atom stereocenters. The maximum atomic E-state index is 11.9. The van der Waals surface area contributed by atoms with E-state index in [0.29, 0.717) is 13.1 Å². The van der Waals surface area contributed by atoms with E-state index in [1.54, 1.807) is 0 Å². The highest BCUT2D eigenvalue weighted by atomic mass is 16.2. The summed E-state index contributed by atoms with van der Waals surface area (Å²) in [6.07, 6.45) is 5.09. The van der Waals surface area contributed by atoms with Crippen LogP contribution in [0.15, 0.2) is 0 Å². The molecule has 3 amide bonds. The van der Waals surface area contributed by atoms with Crippen molar-refractivity contribution in [3.05, 3.63) is 0 Å². The first-order valence-corrected chi connectivity index (χ1v) is 6.18. The van der Waals surface area contributed by atoms with Crippen LogP contribution in [0.3, 0.4) is 0 Å². The molecule has 2 atom stereocenters. The number of carbonyl (C=O) groups excluding carboxylic acids is 2. The van der Waals surface area contributed by atoms with E-state index < -0.39 is 6.03 Å². The predicted molar refractivity (Wildman–Crippen MR) is 65.1 cm³/mol. The van der Waals surface area contributed by atoms with Gasteiger partial charge in [0.15, 0.2) is 0 Å². The third-order valence-electron chi connectivity index (χ3n) is 3.13. The quantitative estimate of drug-likeness (QED) is 0.400. The van der Waals surface area contributed by atoms with Crippen molar-refractivity contribution in [2.24, 2.45) is 17.4 Å². The summed E-state index contributed by atoms with van der Waals surface area (Å²) in [5.74, 6) is -0.100. The molecule has 17 heavy (non-hydrogen) atoms. The van der Waals surface area contributed by atoms with Crippen LogP contribution in [0, 0.1) is 5.92 Å². The van der Waals surface area contributed by atoms with Crippen LogP contribution in [-0.4, -0.2) is 31.1 Å². The minimum Gasteiger partial charge on any atom is -0.354 e. The van der Waals surface area contributed by atoms with Gasteiger partial charge in [0, 0.05) is 19.1 Å². The summed E-state index contributed by atoms with van der Waals surface area (Å²) in [4.78, 5) is 22.3. The van der Waals surface area contributed by atoms with E-state index in [0.717, 1.165) is 32.1 Å². The van der Waals surface area contributed by atoms with Crippen LogP contribution in [0.2, 0.25) is 0 Å². The molecule has 1 rings (SSSR count). The molecule has 0 radical (unpaired) electrons. The highest BCUT2D eigenvalue weighted by Crippen LogP contribution is 2.22. The Kier molecular flexibility index (Phi) is 5.76. The van der Waals surface area contributed by atoms with Gasteiger partial charge in [0.2, 0.25) is 5.91 Å². The van der Waals surface area contributed by atoms with E-state index in [2.05, 4.69) is 10.6 Å². The Bertz CT molecular complexity index is 270. The Balaban J connectivity index is 2.27. The zero-order valence-corrected chi connectivity index (χ0v) is 10.1. The number of hydrogen-bond acceptors (Lipinski definition) is 3. The number of rotatable bonds is 4. The third-order valence-corrected chi connectivity index (χ3v) is 3.13. The van der Waals surface area contributed by atoms with Gasteiger partial charge < -0.3 is 22.1 Å². The van der Waals surface area contributed by atoms with Gasteiger partial charge in [-0.1, -0.05) is 19.3 Å². The Morgan fingerprint density at radius 3 is 2.41 bits per heavy atom. The van der Waals surface area contributed by atoms with Crippen molar-refractivity contribution in [2.45, 2.75) is 38.1 Å². The molecule has 0 bridgehead atoms. The molecule has 0 spiro atoms. The fourth-order valence-electron chi connectivity index (χ4n) is 2.16. The van der Waals surface area contributed by atoms with E-state index in [1.165, 1.54) is 0 Å². The van der Waals surface area contributed by atoms with Crippen molar-refractivity contribution in [1.29, 1.82) is 0 Å². The van der Waals surface area contributed by atoms with Crippen molar-refractivity contribution in [3.8, 4) is 0 Å². The lowest BCUT2D eigenvalue weighted by Crippen LogP contribution is -2.44. The minimum atomic E-state index is -0.578. The summed E-state index contributed by atoms with van der Waals surface area (Å²) >= 11 is 0. The van der Waals surface area contributed by atoms with Crippen molar-refractivity contribution in [2.75, 3.05) is 13.1 Å². The van der Waals surface area contributed by atoms with Gasteiger partial charge in [-0.3, -0.25) is 4.79 Å². The molecule has 1 fully saturated rings. The van der Waals surface area contributed by atoms with E-state index in [-0.39, 0.29) is 17.9 Å². The van der Waals surface area contributed by atoms with Crippen molar-refractivity contribution < 1.29 is 9.59 Å². The first-order valence-electron chi connectivity index (χ1n) is 6.18. The van der Waals surface area contributed by atoms with Gasteiger partial charge in [-0.25, -0.2) is 4.79 Å². The summed E-state index contributed by atoms with van der Waals surface area (Å²) in [6, 6.07) is -0.619. The standard InChI is InChI=1S/C11H22N4O2/c12-9-5-3-1-2-4-8(9)10(16)14-6-7-15-11(13)17/h8-9H,1-7,12H2,(H,14,16)(H3,13,15,17). The molecule has 6 nitrogen and oxygen atoms in total. The van der Waals surface area contributed by atoms with Gasteiger partial charge in [-0.15, -0.1) is 0 Å². The smallest absolute Gasteiger partial charge is 0.312 e. The maximum Gasteiger partial charge on any atom is 0.312 e. The lowest BCUT2D eigenvalue weighted by Gasteiger charge is -2.20. The SMILES string of the molecule is NC(=O)NCCNC(=O)C1CCCCCC1N. The van der Waals surface area contributed by atoms with Crippen molar-refractivity contribution >= 4 is 11.9 Å². The number of carbonyl (C=O) groups is 2. The molecule has 1 aliphatic carbocycles. The van der Waals surface area contributed by atoms with E-state index in [9.17, 15) is 9.59 Å². The molecule has 1 aliphatic rings. The second-order valence-corrected chi connectivity index (χ2v) is 4.49. The number of amides is 3. The second-order valence-electron chi connectivity index (χ2n) is 4.49. The van der Waals surface area contributed by atoms with E-state index in [1.807, 2.05) is 0 Å². The number of hydrogen-bond donors (Lipinski definition) is 4. The molecular weight excluding hydrogens is 220 g/mol. The summed E-state index contributed by atoms with van der Waals surface area (Å²) < 4.78 is 0. The summed E-state index contributed by atoms with van der Waals surface area (Å²) in [5.41, 5.74) is 10.9. The topological polar surface area (TPSA) is 110 Å². The third kappa shape index (κ3) is 5.04. The van der Waals surface area contributed by atoms with Crippen LogP contribution in [0.4, 0.5) is 4.79 Å². The van der Waals surface area contributed by atoms with Crippen LogP contribution in [0.25, 0.3) is 0 Å². The van der Waals surface area contributed by atoms with E-state index >= 15 is 0 Å². The molecule has 6 N–H and O–H groups in total. The van der Waals surface area contributed by atoms with Gasteiger partial charge >= 0.3 is 6.03 Å². The molecule has 0 aliphatic heterocycles. The monoisotopic (exact) mass is 242 g/mol. The normalized spacial score (nSPS) is 24.8. The molecule has 98 valence electrons. The maximum absolute atomic E-state index is 11.9. The first kappa shape index (κ1) is 13.8. The van der Waals surface area contributed by atoms with E-state index in [4.69, 9.17) is 11.5 Å². The molecule has 0 aromatic heterocycles. The molecule has 1 saturated carbocycles. The number of urea groups is 1. The highest BCUT2D eigenvalue weighted by Gasteiger charge is 2.26. The Labute approximate surface area is 101 Å². The van der Waals surface area contributed by atoms with Crippen LogP contribution in [-0.2, 0) is 4.79 Å². The predicted octanol–water partition coefficient (Wildman–Crippen LogP) is -0.321. The molecule has 0 saturated heterocycles. The fourth-order valence-corrected chi connectivity index (χ4v) is 2.16. The second kappa shape index (κ2) is 7.11. The summed E-state index contributed by atoms with van der Waals surface area (Å²) in [6.45, 7) is 0.744. The lowest BCUT2D eigenvalue weighted by molar-refractivity contribution is -0.125. The zero-order chi connectivity index (χ0) is 12.7. The fraction of sp³-hybridized carbons (Fsp3) is 0.818. The Morgan fingerprint density at radius 2 is 1.71 bits per heavy atom. The van der Waals surface area contributed by atoms with Gasteiger partial charge in [0.05, 0.1) is 5.92 Å². The molecule has 0 heterocycles. The van der Waals surface area contributed by atoms with Gasteiger partial charge in [-0.2, -0.15) is 0 Å². The lowest BCUT2D eigenvalue weighted by atomic mass is 9.94. The van der Waals surface area contributed by atoms with Crippen molar-refractivity contribution in [3.63, 3.8) is 0 Å².